The summed E-state index contributed by atoms with van der Waals surface area (Å²) in [6.07, 6.45) is 1.94. The first-order valence-electron chi connectivity index (χ1n) is 12.3. The summed E-state index contributed by atoms with van der Waals surface area (Å²) in [5, 5.41) is 0. The maximum atomic E-state index is 13.4. The second-order valence-corrected chi connectivity index (χ2v) is 14.0. The van der Waals surface area contributed by atoms with Gasteiger partial charge in [0.1, 0.15) is 16.4 Å². The van der Waals surface area contributed by atoms with Crippen LogP contribution in [0.4, 0.5) is 0 Å². The summed E-state index contributed by atoms with van der Waals surface area (Å²) in [6, 6.07) is 12.9. The molecule has 2 aromatic rings. The third-order valence-electron chi connectivity index (χ3n) is 7.10. The molecule has 1 heterocycles. The molecule has 3 aliphatic rings. The SMILES string of the molecule is CC1(C)CC(=O)C2=C(C1)OC1=C(C(=O)CC(C)(C)C1)C2c1ccc(OS(=O)(=O)c2ccccc2)c(Br)c1. The summed E-state index contributed by atoms with van der Waals surface area (Å²) in [5.74, 6) is 0.779. The Bertz CT molecular complexity index is 1430. The van der Waals surface area contributed by atoms with Crippen molar-refractivity contribution in [2.45, 2.75) is 64.2 Å². The Labute approximate surface area is 226 Å². The van der Waals surface area contributed by atoms with Crippen LogP contribution < -0.4 is 4.18 Å². The number of Topliss-reactive ketones (excluding diaryl/α,β-unsaturated/α-hetero) is 2. The Morgan fingerprint density at radius 2 is 1.38 bits per heavy atom. The van der Waals surface area contributed by atoms with Crippen molar-refractivity contribution in [2.75, 3.05) is 0 Å². The van der Waals surface area contributed by atoms with Crippen molar-refractivity contribution in [2.24, 2.45) is 10.8 Å². The molecule has 0 aromatic heterocycles. The topological polar surface area (TPSA) is 86.7 Å². The summed E-state index contributed by atoms with van der Waals surface area (Å²) in [6.45, 7) is 8.18. The Morgan fingerprint density at radius 3 is 1.89 bits per heavy atom. The van der Waals surface area contributed by atoms with Crippen LogP contribution in [-0.4, -0.2) is 20.0 Å². The van der Waals surface area contributed by atoms with Gasteiger partial charge < -0.3 is 8.92 Å². The van der Waals surface area contributed by atoms with E-state index in [1.165, 1.54) is 12.1 Å². The highest BCUT2D eigenvalue weighted by Gasteiger charge is 2.47. The van der Waals surface area contributed by atoms with Gasteiger partial charge in [0.25, 0.3) is 0 Å². The summed E-state index contributed by atoms with van der Waals surface area (Å²) >= 11 is 3.46. The maximum Gasteiger partial charge on any atom is 0.339 e. The zero-order chi connectivity index (χ0) is 26.8. The van der Waals surface area contributed by atoms with Gasteiger partial charge in [0.05, 0.1) is 4.47 Å². The molecule has 6 nitrogen and oxygen atoms in total. The average molecular weight is 586 g/mol. The van der Waals surface area contributed by atoms with E-state index in [1.807, 2.05) is 27.7 Å². The number of halogens is 1. The van der Waals surface area contributed by atoms with Gasteiger partial charge in [-0.2, -0.15) is 8.42 Å². The number of benzene rings is 2. The van der Waals surface area contributed by atoms with E-state index < -0.39 is 16.0 Å². The van der Waals surface area contributed by atoms with Gasteiger partial charge in [0.2, 0.25) is 0 Å². The van der Waals surface area contributed by atoms with Crippen molar-refractivity contribution >= 4 is 37.6 Å². The molecular weight excluding hydrogens is 556 g/mol. The third-order valence-corrected chi connectivity index (χ3v) is 8.97. The molecule has 8 heteroatoms. The summed E-state index contributed by atoms with van der Waals surface area (Å²) in [5.41, 5.74) is 1.29. The molecule has 0 saturated carbocycles. The molecule has 0 atom stereocenters. The van der Waals surface area contributed by atoms with E-state index in [2.05, 4.69) is 15.9 Å². The van der Waals surface area contributed by atoms with E-state index in [0.717, 1.165) is 0 Å². The summed E-state index contributed by atoms with van der Waals surface area (Å²) < 4.78 is 37.7. The molecule has 194 valence electrons. The van der Waals surface area contributed by atoms with E-state index in [1.54, 1.807) is 36.4 Å². The number of ketones is 2. The van der Waals surface area contributed by atoms with Crippen molar-refractivity contribution in [3.05, 3.63) is 81.2 Å². The van der Waals surface area contributed by atoms with Gasteiger partial charge >= 0.3 is 10.1 Å². The fourth-order valence-corrected chi connectivity index (χ4v) is 7.08. The number of ether oxygens (including phenoxy) is 1. The molecule has 0 fully saturated rings. The van der Waals surface area contributed by atoms with Gasteiger partial charge in [0, 0.05) is 42.7 Å². The normalized spacial score (nSPS) is 21.3. The predicted octanol–water partition coefficient (Wildman–Crippen LogP) is 6.62. The van der Waals surface area contributed by atoms with E-state index in [-0.39, 0.29) is 33.0 Å². The highest BCUT2D eigenvalue weighted by atomic mass is 79.9. The van der Waals surface area contributed by atoms with Gasteiger partial charge in [-0.1, -0.05) is 52.0 Å². The molecule has 5 rings (SSSR count). The molecule has 2 aliphatic carbocycles. The monoisotopic (exact) mass is 584 g/mol. The first-order valence-corrected chi connectivity index (χ1v) is 14.5. The quantitative estimate of drug-likeness (QED) is 0.375. The Balaban J connectivity index is 1.58. The number of hydrogen-bond acceptors (Lipinski definition) is 6. The fourth-order valence-electron chi connectivity index (χ4n) is 5.53. The van der Waals surface area contributed by atoms with E-state index in [4.69, 9.17) is 8.92 Å². The van der Waals surface area contributed by atoms with Crippen molar-refractivity contribution in [1.29, 1.82) is 0 Å². The summed E-state index contributed by atoms with van der Waals surface area (Å²) in [7, 11) is -4.03. The molecule has 37 heavy (non-hydrogen) atoms. The van der Waals surface area contributed by atoms with Crippen molar-refractivity contribution < 1.29 is 26.9 Å². The van der Waals surface area contributed by atoms with Crippen molar-refractivity contribution in [3.8, 4) is 5.75 Å². The fraction of sp³-hybridized carbons (Fsp3) is 0.379. The number of allylic oxidation sites excluding steroid dienone is 4. The van der Waals surface area contributed by atoms with Crippen molar-refractivity contribution in [1.82, 2.24) is 0 Å². The lowest BCUT2D eigenvalue weighted by Gasteiger charge is -2.42. The molecular formula is C29H29BrO6S. The van der Waals surface area contributed by atoms with Crippen LogP contribution in [0.5, 0.6) is 5.75 Å². The van der Waals surface area contributed by atoms with Gasteiger partial charge in [-0.3, -0.25) is 9.59 Å². The third kappa shape index (κ3) is 4.93. The molecule has 0 unspecified atom stereocenters. The number of hydrogen-bond donors (Lipinski definition) is 0. The van der Waals surface area contributed by atoms with Crippen LogP contribution in [-0.2, 0) is 24.4 Å². The van der Waals surface area contributed by atoms with Crippen LogP contribution in [0.1, 0.15) is 64.9 Å². The molecule has 0 radical (unpaired) electrons. The highest BCUT2D eigenvalue weighted by Crippen LogP contribution is 2.53. The van der Waals surface area contributed by atoms with Crippen LogP contribution in [0.15, 0.2) is 80.6 Å². The van der Waals surface area contributed by atoms with Gasteiger partial charge in [-0.25, -0.2) is 0 Å². The first kappa shape index (κ1) is 25.9. The van der Waals surface area contributed by atoms with Crippen LogP contribution in [0, 0.1) is 10.8 Å². The molecule has 0 N–H and O–H groups in total. The number of carbonyl (C=O) groups is 2. The molecule has 1 aliphatic heterocycles. The number of rotatable bonds is 4. The Morgan fingerprint density at radius 1 is 0.838 bits per heavy atom. The molecule has 0 saturated heterocycles. The zero-order valence-corrected chi connectivity index (χ0v) is 23.7. The first-order chi connectivity index (χ1) is 17.3. The molecule has 0 spiro atoms. The lowest BCUT2D eigenvalue weighted by atomic mass is 9.65. The number of carbonyl (C=O) groups excluding carboxylic acids is 2. The Kier molecular flexibility index (Phi) is 6.27. The van der Waals surface area contributed by atoms with Gasteiger partial charge in [-0.15, -0.1) is 0 Å². The minimum atomic E-state index is -4.03. The summed E-state index contributed by atoms with van der Waals surface area (Å²) in [4.78, 5) is 26.9. The minimum Gasteiger partial charge on any atom is -0.465 e. The van der Waals surface area contributed by atoms with Crippen LogP contribution in [0.25, 0.3) is 0 Å². The molecule has 0 bridgehead atoms. The predicted molar refractivity (Wildman–Crippen MR) is 142 cm³/mol. The van der Waals surface area contributed by atoms with Gasteiger partial charge in [-0.05, 0) is 56.6 Å². The molecule has 2 aromatic carbocycles. The van der Waals surface area contributed by atoms with E-state index in [0.29, 0.717) is 58.4 Å². The zero-order valence-electron chi connectivity index (χ0n) is 21.3. The highest BCUT2D eigenvalue weighted by molar-refractivity contribution is 9.10. The second kappa shape index (κ2) is 8.95. The van der Waals surface area contributed by atoms with Gasteiger partial charge in [0.15, 0.2) is 17.3 Å². The maximum absolute atomic E-state index is 13.4. The second-order valence-electron chi connectivity index (χ2n) is 11.6. The Hall–Kier alpha value is -2.71. The van der Waals surface area contributed by atoms with Crippen molar-refractivity contribution in [3.63, 3.8) is 0 Å². The van der Waals surface area contributed by atoms with Crippen LogP contribution in [0.3, 0.4) is 0 Å². The van der Waals surface area contributed by atoms with Crippen LogP contribution >= 0.6 is 15.9 Å². The molecule has 0 amide bonds. The van der Waals surface area contributed by atoms with Crippen LogP contribution in [0.2, 0.25) is 0 Å². The largest absolute Gasteiger partial charge is 0.465 e. The smallest absolute Gasteiger partial charge is 0.339 e. The van der Waals surface area contributed by atoms with E-state index in [9.17, 15) is 18.0 Å². The average Bonchev–Trinajstić information content (AvgIpc) is 2.78. The lowest BCUT2D eigenvalue weighted by molar-refractivity contribution is -0.120. The van der Waals surface area contributed by atoms with E-state index >= 15 is 0 Å². The standard InChI is InChI=1S/C29H29BrO6S/c1-28(2)13-20(31)26-23(15-28)35-24-16-29(3,4)14-21(32)27(24)25(26)17-10-11-22(19(30)12-17)36-37(33,34)18-8-6-5-7-9-18/h5-12,25H,13-16H2,1-4H3. The lowest BCUT2D eigenvalue weighted by Crippen LogP contribution is -2.37. The minimum absolute atomic E-state index is 0.0245.